The van der Waals surface area contributed by atoms with Gasteiger partial charge in [-0.3, -0.25) is 0 Å². The molecule has 0 aliphatic heterocycles. The van der Waals surface area contributed by atoms with Crippen molar-refractivity contribution in [1.82, 2.24) is 0 Å². The van der Waals surface area contributed by atoms with Gasteiger partial charge in [-0.15, -0.1) is 13.2 Å². The molecule has 5 aromatic rings. The number of rotatable bonds is 10. The maximum atomic E-state index is 15.2. The van der Waals surface area contributed by atoms with Crippen LogP contribution in [0.4, 0.5) is 57.1 Å². The van der Waals surface area contributed by atoms with E-state index in [1.807, 2.05) is 0 Å². The van der Waals surface area contributed by atoms with Gasteiger partial charge in [-0.2, -0.15) is 17.6 Å². The van der Waals surface area contributed by atoms with E-state index in [0.29, 0.717) is 41.8 Å². The summed E-state index contributed by atoms with van der Waals surface area (Å²) in [5.74, 6) is -12.7. The third-order valence-electron chi connectivity index (χ3n) is 7.41. The Morgan fingerprint density at radius 2 is 1.13 bits per heavy atom. The van der Waals surface area contributed by atoms with Crippen molar-refractivity contribution in [1.29, 1.82) is 0 Å². The Balaban J connectivity index is 1.36. The first-order valence-electron chi connectivity index (χ1n) is 14.5. The van der Waals surface area contributed by atoms with Crippen LogP contribution in [0.25, 0.3) is 33.4 Å². The lowest BCUT2D eigenvalue weighted by Crippen LogP contribution is -2.23. The fourth-order valence-corrected chi connectivity index (χ4v) is 5.32. The molecule has 0 amide bonds. The highest BCUT2D eigenvalue weighted by atomic mass is 35.5. The number of halogens is 14. The molecule has 0 spiro atoms. The van der Waals surface area contributed by atoms with Crippen LogP contribution in [0, 0.1) is 34.9 Å². The van der Waals surface area contributed by atoms with E-state index in [0.717, 1.165) is 18.2 Å². The summed E-state index contributed by atoms with van der Waals surface area (Å²) in [7, 11) is 0. The van der Waals surface area contributed by atoms with E-state index in [-0.39, 0.29) is 30.2 Å². The molecule has 272 valence electrons. The van der Waals surface area contributed by atoms with Crippen molar-refractivity contribution in [3.05, 3.63) is 142 Å². The first-order valence-corrected chi connectivity index (χ1v) is 14.9. The van der Waals surface area contributed by atoms with Crippen molar-refractivity contribution in [2.45, 2.75) is 25.3 Å². The van der Waals surface area contributed by atoms with Gasteiger partial charge in [0.05, 0.1) is 16.1 Å². The Morgan fingerprint density at radius 3 is 1.67 bits per heavy atom. The van der Waals surface area contributed by atoms with Crippen LogP contribution in [-0.4, -0.2) is 6.36 Å². The Bertz CT molecular complexity index is 2090. The highest BCUT2D eigenvalue weighted by molar-refractivity contribution is 6.32. The van der Waals surface area contributed by atoms with Gasteiger partial charge in [-0.25, -0.2) is 26.3 Å². The molecule has 0 saturated carbocycles. The molecule has 5 aromatic carbocycles. The Morgan fingerprint density at radius 1 is 0.577 bits per heavy atom. The summed E-state index contributed by atoms with van der Waals surface area (Å²) in [6.45, 7) is 0. The molecule has 0 radical (unpaired) electrons. The lowest BCUT2D eigenvalue weighted by atomic mass is 9.97. The van der Waals surface area contributed by atoms with Crippen molar-refractivity contribution in [3.8, 4) is 44.9 Å². The van der Waals surface area contributed by atoms with Gasteiger partial charge in [-0.05, 0) is 95.3 Å². The maximum absolute atomic E-state index is 15.2. The lowest BCUT2D eigenvalue weighted by molar-refractivity contribution is -0.276. The number of ether oxygens (including phenoxy) is 2. The molecule has 16 heteroatoms. The van der Waals surface area contributed by atoms with Gasteiger partial charge in [-0.1, -0.05) is 41.9 Å². The SMILES string of the molecule is FC(F)=CCCc1ccc(-c2cc(F)c(OC(F)(F)c3ccc(-c4cc(F)c(-c5cc(F)c(OC(F)(F)F)c(F)c5)c(F)c4)c(F)c3)c(Cl)c2)cc1. The molecule has 52 heavy (non-hydrogen) atoms. The van der Waals surface area contributed by atoms with Gasteiger partial charge in [0.2, 0.25) is 5.75 Å². The van der Waals surface area contributed by atoms with Crippen molar-refractivity contribution in [3.63, 3.8) is 0 Å². The minimum atomic E-state index is -5.48. The molecule has 0 aliphatic rings. The van der Waals surface area contributed by atoms with Crippen LogP contribution in [0.1, 0.15) is 17.5 Å². The Hall–Kier alpha value is -5.18. The standard InChI is InChI=1S/C36H18ClF13O2/c37-24-10-19(18-6-4-17(5-7-18)2-1-3-31(44)45)11-28(41)33(24)51-35(46,47)22-8-9-23(25(38)16-22)20-12-26(39)32(27(40)13-20)21-14-29(42)34(30(43)15-21)52-36(48,49)50/h3-16H,1-2H2. The Labute approximate surface area is 290 Å². The number of benzene rings is 5. The first-order chi connectivity index (χ1) is 24.3. The van der Waals surface area contributed by atoms with Crippen LogP contribution < -0.4 is 9.47 Å². The molecular formula is C36H18ClF13O2. The summed E-state index contributed by atoms with van der Waals surface area (Å²) in [4.78, 5) is 0. The summed E-state index contributed by atoms with van der Waals surface area (Å²) in [6, 6.07) is 11.1. The zero-order valence-electron chi connectivity index (χ0n) is 25.6. The zero-order valence-corrected chi connectivity index (χ0v) is 26.4. The predicted octanol–water partition coefficient (Wildman–Crippen LogP) is 12.9. The van der Waals surface area contributed by atoms with Crippen molar-refractivity contribution >= 4 is 11.6 Å². The molecule has 0 bridgehead atoms. The van der Waals surface area contributed by atoms with Crippen LogP contribution in [0.2, 0.25) is 5.02 Å². The minimum Gasteiger partial charge on any atom is -0.424 e. The van der Waals surface area contributed by atoms with E-state index in [9.17, 15) is 30.7 Å². The van der Waals surface area contributed by atoms with E-state index in [4.69, 9.17) is 11.6 Å². The van der Waals surface area contributed by atoms with E-state index >= 15 is 26.3 Å². The summed E-state index contributed by atoms with van der Waals surface area (Å²) < 4.78 is 189. The second-order valence-electron chi connectivity index (χ2n) is 10.9. The molecule has 0 aliphatic carbocycles. The fraction of sp³-hybridized carbons (Fsp3) is 0.111. The molecule has 0 N–H and O–H groups in total. The van der Waals surface area contributed by atoms with E-state index in [1.165, 1.54) is 12.1 Å². The van der Waals surface area contributed by atoms with Crippen LogP contribution in [0.3, 0.4) is 0 Å². The van der Waals surface area contributed by atoms with Crippen LogP contribution >= 0.6 is 11.6 Å². The molecule has 0 unspecified atom stereocenters. The molecule has 0 heterocycles. The molecule has 0 fully saturated rings. The van der Waals surface area contributed by atoms with Gasteiger partial charge in [0, 0.05) is 5.56 Å². The summed E-state index contributed by atoms with van der Waals surface area (Å²) in [6.07, 6.45) is -10.6. The van der Waals surface area contributed by atoms with Crippen LogP contribution in [0.5, 0.6) is 11.5 Å². The fourth-order valence-electron chi connectivity index (χ4n) is 5.08. The molecule has 0 aromatic heterocycles. The van der Waals surface area contributed by atoms with Crippen molar-refractivity contribution < 1.29 is 66.5 Å². The highest BCUT2D eigenvalue weighted by Gasteiger charge is 2.38. The predicted molar refractivity (Wildman–Crippen MR) is 164 cm³/mol. The second kappa shape index (κ2) is 14.8. The molecule has 0 atom stereocenters. The number of hydrogen-bond donors (Lipinski definition) is 0. The number of alkyl halides is 5. The van der Waals surface area contributed by atoms with Crippen molar-refractivity contribution in [2.75, 3.05) is 0 Å². The smallest absolute Gasteiger partial charge is 0.424 e. The molecule has 0 saturated heterocycles. The van der Waals surface area contributed by atoms with Crippen LogP contribution in [-0.2, 0) is 12.5 Å². The number of allylic oxidation sites excluding steroid dienone is 1. The molecule has 5 rings (SSSR count). The third-order valence-corrected chi connectivity index (χ3v) is 7.69. The monoisotopic (exact) mass is 764 g/mol. The normalized spacial score (nSPS) is 11.8. The zero-order chi connectivity index (χ0) is 38.1. The summed E-state index contributed by atoms with van der Waals surface area (Å²) in [5, 5.41) is -0.590. The van der Waals surface area contributed by atoms with Gasteiger partial charge in [0.25, 0.3) is 6.08 Å². The average Bonchev–Trinajstić information content (AvgIpc) is 3.04. The van der Waals surface area contributed by atoms with Gasteiger partial charge in [0.15, 0.2) is 23.2 Å². The van der Waals surface area contributed by atoms with Crippen LogP contribution in [0.15, 0.2) is 91.0 Å². The molecular weight excluding hydrogens is 747 g/mol. The van der Waals surface area contributed by atoms with Gasteiger partial charge >= 0.3 is 12.5 Å². The largest absolute Gasteiger partial charge is 0.573 e. The van der Waals surface area contributed by atoms with Gasteiger partial charge < -0.3 is 9.47 Å². The third kappa shape index (κ3) is 8.64. The maximum Gasteiger partial charge on any atom is 0.573 e. The minimum absolute atomic E-state index is 0.0826. The van der Waals surface area contributed by atoms with Gasteiger partial charge in [0.1, 0.15) is 17.5 Å². The Kier molecular flexibility index (Phi) is 10.8. The summed E-state index contributed by atoms with van der Waals surface area (Å²) >= 11 is 6.07. The average molecular weight is 765 g/mol. The highest BCUT2D eigenvalue weighted by Crippen LogP contribution is 2.41. The molecule has 2 nitrogen and oxygen atoms in total. The number of hydrogen-bond acceptors (Lipinski definition) is 2. The van der Waals surface area contributed by atoms with E-state index in [1.54, 1.807) is 12.1 Å². The lowest BCUT2D eigenvalue weighted by Gasteiger charge is -2.20. The summed E-state index contributed by atoms with van der Waals surface area (Å²) in [5.41, 5.74) is -3.12. The topological polar surface area (TPSA) is 18.5 Å². The van der Waals surface area contributed by atoms with E-state index in [2.05, 4.69) is 9.47 Å². The van der Waals surface area contributed by atoms with E-state index < -0.39 is 97.8 Å². The number of aryl methyl sites for hydroxylation is 1. The first kappa shape index (κ1) is 38.1. The second-order valence-corrected chi connectivity index (χ2v) is 11.4. The van der Waals surface area contributed by atoms with Crippen molar-refractivity contribution in [2.24, 2.45) is 0 Å². The quantitative estimate of drug-likeness (QED) is 0.132.